The van der Waals surface area contributed by atoms with Crippen LogP contribution in [0.15, 0.2) is 57.9 Å². The van der Waals surface area contributed by atoms with Crippen molar-refractivity contribution in [2.75, 3.05) is 0 Å². The molecule has 0 aliphatic rings. The van der Waals surface area contributed by atoms with E-state index in [1.54, 1.807) is 13.1 Å². The second-order valence-electron chi connectivity index (χ2n) is 4.62. The Morgan fingerprint density at radius 3 is 2.52 bits per heavy atom. The van der Waals surface area contributed by atoms with E-state index < -0.39 is 0 Å². The van der Waals surface area contributed by atoms with Gasteiger partial charge in [0.1, 0.15) is 5.69 Å². The lowest BCUT2D eigenvalue weighted by molar-refractivity contribution is 1.07. The summed E-state index contributed by atoms with van der Waals surface area (Å²) in [4.78, 5) is 23.8. The lowest BCUT2D eigenvalue weighted by Crippen LogP contribution is -2.14. The molecule has 3 aromatic rings. The molecule has 0 aliphatic heterocycles. The van der Waals surface area contributed by atoms with E-state index in [0.29, 0.717) is 22.8 Å². The van der Waals surface area contributed by atoms with Crippen molar-refractivity contribution in [2.24, 2.45) is 0 Å². The van der Waals surface area contributed by atoms with Crippen LogP contribution in [0, 0.1) is 6.92 Å². The van der Waals surface area contributed by atoms with Crippen LogP contribution < -0.4 is 5.56 Å². The SMILES string of the molecule is Cc1c(-c2ccccc2)nc(-c2ccc(Br)cn2)[nH]c1=O. The largest absolute Gasteiger partial charge is 0.305 e. The third-order valence-electron chi connectivity index (χ3n) is 3.17. The minimum absolute atomic E-state index is 0.149. The van der Waals surface area contributed by atoms with Gasteiger partial charge >= 0.3 is 0 Å². The Bertz CT molecular complexity index is 826. The maximum absolute atomic E-state index is 12.1. The van der Waals surface area contributed by atoms with Gasteiger partial charge in [-0.25, -0.2) is 4.98 Å². The summed E-state index contributed by atoms with van der Waals surface area (Å²) in [5.41, 5.74) is 2.68. The van der Waals surface area contributed by atoms with E-state index in [0.717, 1.165) is 10.0 Å². The van der Waals surface area contributed by atoms with E-state index in [9.17, 15) is 4.79 Å². The maximum Gasteiger partial charge on any atom is 0.254 e. The molecule has 2 aromatic heterocycles. The van der Waals surface area contributed by atoms with Gasteiger partial charge in [-0.2, -0.15) is 0 Å². The highest BCUT2D eigenvalue weighted by Crippen LogP contribution is 2.21. The average molecular weight is 342 g/mol. The minimum Gasteiger partial charge on any atom is -0.305 e. The predicted octanol–water partition coefficient (Wildman–Crippen LogP) is 3.57. The quantitative estimate of drug-likeness (QED) is 0.775. The summed E-state index contributed by atoms with van der Waals surface area (Å²) < 4.78 is 0.879. The topological polar surface area (TPSA) is 58.6 Å². The fraction of sp³-hybridized carbons (Fsp3) is 0.0625. The molecule has 5 heteroatoms. The normalized spacial score (nSPS) is 10.6. The first-order chi connectivity index (χ1) is 10.1. The highest BCUT2D eigenvalue weighted by molar-refractivity contribution is 9.10. The lowest BCUT2D eigenvalue weighted by Gasteiger charge is -2.07. The van der Waals surface area contributed by atoms with Gasteiger partial charge in [-0.1, -0.05) is 30.3 Å². The monoisotopic (exact) mass is 341 g/mol. The van der Waals surface area contributed by atoms with Crippen LogP contribution in [0.2, 0.25) is 0 Å². The summed E-state index contributed by atoms with van der Waals surface area (Å²) in [6, 6.07) is 13.3. The minimum atomic E-state index is -0.149. The van der Waals surface area contributed by atoms with Gasteiger partial charge in [0.2, 0.25) is 0 Å². The van der Waals surface area contributed by atoms with E-state index in [1.807, 2.05) is 42.5 Å². The summed E-state index contributed by atoms with van der Waals surface area (Å²) in [6.45, 7) is 1.77. The summed E-state index contributed by atoms with van der Waals surface area (Å²) in [5, 5.41) is 0. The number of hydrogen-bond donors (Lipinski definition) is 1. The molecule has 1 N–H and O–H groups in total. The van der Waals surface area contributed by atoms with E-state index in [2.05, 4.69) is 30.9 Å². The van der Waals surface area contributed by atoms with E-state index in [-0.39, 0.29) is 5.56 Å². The van der Waals surface area contributed by atoms with Crippen molar-refractivity contribution < 1.29 is 0 Å². The van der Waals surface area contributed by atoms with Crippen LogP contribution in [0.4, 0.5) is 0 Å². The number of rotatable bonds is 2. The lowest BCUT2D eigenvalue weighted by atomic mass is 10.1. The standard InChI is InChI=1S/C16H12BrN3O/c1-10-14(11-5-3-2-4-6-11)19-15(20-16(10)21)13-8-7-12(17)9-18-13/h2-9H,1H3,(H,19,20,21). The predicted molar refractivity (Wildman–Crippen MR) is 86.0 cm³/mol. The van der Waals surface area contributed by atoms with E-state index in [4.69, 9.17) is 0 Å². The third-order valence-corrected chi connectivity index (χ3v) is 3.64. The van der Waals surface area contributed by atoms with Gasteiger partial charge in [0, 0.05) is 21.8 Å². The zero-order valence-corrected chi connectivity index (χ0v) is 12.9. The maximum atomic E-state index is 12.1. The second-order valence-corrected chi connectivity index (χ2v) is 5.53. The van der Waals surface area contributed by atoms with Crippen molar-refractivity contribution in [2.45, 2.75) is 6.92 Å². The Morgan fingerprint density at radius 1 is 1.10 bits per heavy atom. The Balaban J connectivity index is 2.19. The van der Waals surface area contributed by atoms with Crippen LogP contribution in [0.25, 0.3) is 22.8 Å². The molecule has 0 unspecified atom stereocenters. The van der Waals surface area contributed by atoms with Crippen LogP contribution in [0.3, 0.4) is 0 Å². The van der Waals surface area contributed by atoms with Crippen molar-refractivity contribution in [1.29, 1.82) is 0 Å². The van der Waals surface area contributed by atoms with E-state index >= 15 is 0 Å². The van der Waals surface area contributed by atoms with Gasteiger partial charge in [0.05, 0.1) is 5.69 Å². The van der Waals surface area contributed by atoms with Crippen LogP contribution in [-0.4, -0.2) is 15.0 Å². The fourth-order valence-electron chi connectivity index (χ4n) is 2.05. The van der Waals surface area contributed by atoms with Gasteiger partial charge in [-0.15, -0.1) is 0 Å². The van der Waals surface area contributed by atoms with E-state index in [1.165, 1.54) is 0 Å². The molecule has 2 heterocycles. The molecule has 4 nitrogen and oxygen atoms in total. The van der Waals surface area contributed by atoms with Crippen LogP contribution in [-0.2, 0) is 0 Å². The number of aromatic amines is 1. The number of hydrogen-bond acceptors (Lipinski definition) is 3. The Morgan fingerprint density at radius 2 is 1.86 bits per heavy atom. The molecule has 1 aromatic carbocycles. The van der Waals surface area contributed by atoms with Gasteiger partial charge in [-0.3, -0.25) is 9.78 Å². The molecule has 3 rings (SSSR count). The Hall–Kier alpha value is -2.27. The van der Waals surface area contributed by atoms with Crippen molar-refractivity contribution in [3.63, 3.8) is 0 Å². The zero-order chi connectivity index (χ0) is 14.8. The summed E-state index contributed by atoms with van der Waals surface area (Å²) in [7, 11) is 0. The first-order valence-electron chi connectivity index (χ1n) is 6.43. The van der Waals surface area contributed by atoms with Crippen LogP contribution >= 0.6 is 15.9 Å². The third kappa shape index (κ3) is 2.78. The summed E-state index contributed by atoms with van der Waals surface area (Å²) in [6.07, 6.45) is 1.68. The van der Waals surface area contributed by atoms with Gasteiger partial charge in [0.15, 0.2) is 5.82 Å². The molecule has 0 amide bonds. The average Bonchev–Trinajstić information content (AvgIpc) is 2.51. The molecule has 104 valence electrons. The number of nitrogens with one attached hydrogen (secondary N) is 1. The van der Waals surface area contributed by atoms with Gasteiger partial charge < -0.3 is 4.98 Å². The van der Waals surface area contributed by atoms with Crippen LogP contribution in [0.1, 0.15) is 5.56 Å². The molecule has 0 saturated heterocycles. The highest BCUT2D eigenvalue weighted by Gasteiger charge is 2.11. The van der Waals surface area contributed by atoms with Gasteiger partial charge in [0.25, 0.3) is 5.56 Å². The molecule has 0 atom stereocenters. The molecule has 0 fully saturated rings. The fourth-order valence-corrected chi connectivity index (χ4v) is 2.28. The molecule has 0 radical (unpaired) electrons. The number of benzene rings is 1. The van der Waals surface area contributed by atoms with Crippen molar-refractivity contribution in [3.8, 4) is 22.8 Å². The van der Waals surface area contributed by atoms with Crippen molar-refractivity contribution >= 4 is 15.9 Å². The highest BCUT2D eigenvalue weighted by atomic mass is 79.9. The first kappa shape index (κ1) is 13.7. The summed E-state index contributed by atoms with van der Waals surface area (Å²) in [5.74, 6) is 0.469. The molecule has 0 saturated carbocycles. The smallest absolute Gasteiger partial charge is 0.254 e. The Kier molecular flexibility index (Phi) is 3.66. The number of H-pyrrole nitrogens is 1. The Labute approximate surface area is 130 Å². The molecule has 0 bridgehead atoms. The van der Waals surface area contributed by atoms with Crippen molar-refractivity contribution in [3.05, 3.63) is 69.1 Å². The number of halogens is 1. The number of aromatic nitrogens is 3. The molecule has 0 aliphatic carbocycles. The zero-order valence-electron chi connectivity index (χ0n) is 11.3. The molecule has 0 spiro atoms. The first-order valence-corrected chi connectivity index (χ1v) is 7.23. The molecular formula is C16H12BrN3O. The summed E-state index contributed by atoms with van der Waals surface area (Å²) >= 11 is 3.34. The number of nitrogens with zero attached hydrogens (tertiary/aromatic N) is 2. The van der Waals surface area contributed by atoms with Crippen molar-refractivity contribution in [1.82, 2.24) is 15.0 Å². The molecular weight excluding hydrogens is 330 g/mol. The van der Waals surface area contributed by atoms with Crippen LogP contribution in [0.5, 0.6) is 0 Å². The second kappa shape index (κ2) is 5.61. The molecule has 21 heavy (non-hydrogen) atoms. The van der Waals surface area contributed by atoms with Gasteiger partial charge in [-0.05, 0) is 35.0 Å². The number of pyridine rings is 1.